The molecule has 1 fully saturated rings. The molecule has 0 radical (unpaired) electrons. The molecule has 0 aliphatic carbocycles. The SMILES string of the molecule is Cc1cc(C#N)ccc1S(=O)(=O)N1CCC(CCN)CC1. The lowest BCUT2D eigenvalue weighted by Gasteiger charge is -2.31. The Morgan fingerprint density at radius 3 is 2.57 bits per heavy atom. The summed E-state index contributed by atoms with van der Waals surface area (Å²) in [6.07, 6.45) is 2.70. The average molecular weight is 307 g/mol. The summed E-state index contributed by atoms with van der Waals surface area (Å²) in [5, 5.41) is 8.86. The molecule has 1 aromatic rings. The van der Waals surface area contributed by atoms with Crippen LogP contribution >= 0.6 is 0 Å². The summed E-state index contributed by atoms with van der Waals surface area (Å²) in [7, 11) is -3.46. The van der Waals surface area contributed by atoms with Crippen LogP contribution in [0.1, 0.15) is 30.4 Å². The standard InChI is InChI=1S/C15H21N3O2S/c1-12-10-14(11-17)2-3-15(12)21(19,20)18-8-5-13(4-7-16)6-9-18/h2-3,10,13H,4-9,16H2,1H3. The number of aryl methyl sites for hydroxylation is 1. The van der Waals surface area contributed by atoms with Crippen molar-refractivity contribution in [3.8, 4) is 6.07 Å². The summed E-state index contributed by atoms with van der Waals surface area (Å²) < 4.78 is 26.9. The van der Waals surface area contributed by atoms with Crippen LogP contribution in [-0.4, -0.2) is 32.4 Å². The van der Waals surface area contributed by atoms with Crippen LogP contribution in [0.3, 0.4) is 0 Å². The average Bonchev–Trinajstić information content (AvgIpc) is 2.47. The summed E-state index contributed by atoms with van der Waals surface area (Å²) >= 11 is 0. The van der Waals surface area contributed by atoms with Crippen LogP contribution in [0.15, 0.2) is 23.1 Å². The van der Waals surface area contributed by atoms with Crippen molar-refractivity contribution in [2.24, 2.45) is 11.7 Å². The summed E-state index contributed by atoms with van der Waals surface area (Å²) in [6.45, 7) is 3.49. The molecule has 5 nitrogen and oxygen atoms in total. The molecule has 0 saturated carbocycles. The fourth-order valence-electron chi connectivity index (χ4n) is 2.82. The quantitative estimate of drug-likeness (QED) is 0.915. The third kappa shape index (κ3) is 3.43. The fraction of sp³-hybridized carbons (Fsp3) is 0.533. The van der Waals surface area contributed by atoms with Crippen molar-refractivity contribution in [3.05, 3.63) is 29.3 Å². The second kappa shape index (κ2) is 6.56. The van der Waals surface area contributed by atoms with E-state index in [1.807, 2.05) is 6.07 Å². The molecule has 2 N–H and O–H groups in total. The van der Waals surface area contributed by atoms with E-state index in [1.54, 1.807) is 23.4 Å². The Kier molecular flexibility index (Phi) is 4.99. The first-order chi connectivity index (χ1) is 9.98. The van der Waals surface area contributed by atoms with E-state index in [1.165, 1.54) is 6.07 Å². The Hall–Kier alpha value is -1.42. The van der Waals surface area contributed by atoms with Gasteiger partial charge < -0.3 is 5.73 Å². The van der Waals surface area contributed by atoms with Gasteiger partial charge in [0.25, 0.3) is 0 Å². The molecule has 6 heteroatoms. The van der Waals surface area contributed by atoms with Crippen LogP contribution in [0.4, 0.5) is 0 Å². The molecule has 1 aliphatic rings. The van der Waals surface area contributed by atoms with Gasteiger partial charge in [-0.2, -0.15) is 9.57 Å². The van der Waals surface area contributed by atoms with Gasteiger partial charge in [-0.15, -0.1) is 0 Å². The second-order valence-electron chi connectivity index (χ2n) is 5.52. The van der Waals surface area contributed by atoms with Crippen LogP contribution in [-0.2, 0) is 10.0 Å². The maximum absolute atomic E-state index is 12.7. The number of piperidine rings is 1. The lowest BCUT2D eigenvalue weighted by Crippen LogP contribution is -2.39. The highest BCUT2D eigenvalue weighted by Gasteiger charge is 2.30. The molecule has 1 aliphatic heterocycles. The topological polar surface area (TPSA) is 87.2 Å². The molecule has 0 atom stereocenters. The minimum Gasteiger partial charge on any atom is -0.330 e. The normalized spacial score (nSPS) is 17.6. The zero-order valence-corrected chi connectivity index (χ0v) is 13.1. The summed E-state index contributed by atoms with van der Waals surface area (Å²) in [6, 6.07) is 6.74. The Labute approximate surface area is 126 Å². The third-order valence-corrected chi connectivity index (χ3v) is 6.13. The number of nitrogens with two attached hydrogens (primary N) is 1. The van der Waals surface area contributed by atoms with Crippen LogP contribution in [0.2, 0.25) is 0 Å². The fourth-order valence-corrected chi connectivity index (χ4v) is 4.50. The zero-order valence-electron chi connectivity index (χ0n) is 12.2. The van der Waals surface area contributed by atoms with Gasteiger partial charge >= 0.3 is 0 Å². The van der Waals surface area contributed by atoms with Crippen molar-refractivity contribution in [1.29, 1.82) is 5.26 Å². The highest BCUT2D eigenvalue weighted by Crippen LogP contribution is 2.27. The highest BCUT2D eigenvalue weighted by molar-refractivity contribution is 7.89. The molecule has 0 aromatic heterocycles. The van der Waals surface area contributed by atoms with E-state index in [0.29, 0.717) is 41.6 Å². The number of hydrogen-bond acceptors (Lipinski definition) is 4. The summed E-state index contributed by atoms with van der Waals surface area (Å²) in [4.78, 5) is 0.304. The van der Waals surface area contributed by atoms with Gasteiger partial charge in [-0.25, -0.2) is 8.42 Å². The number of hydrogen-bond donors (Lipinski definition) is 1. The number of nitrogens with zero attached hydrogens (tertiary/aromatic N) is 2. The molecule has 114 valence electrons. The van der Waals surface area contributed by atoms with Gasteiger partial charge in [-0.1, -0.05) is 0 Å². The molecule has 21 heavy (non-hydrogen) atoms. The van der Waals surface area contributed by atoms with Gasteiger partial charge in [0.2, 0.25) is 10.0 Å². The molecule has 2 rings (SSSR count). The van der Waals surface area contributed by atoms with Crippen molar-refractivity contribution >= 4 is 10.0 Å². The van der Waals surface area contributed by atoms with E-state index in [0.717, 1.165) is 19.3 Å². The van der Waals surface area contributed by atoms with E-state index in [9.17, 15) is 8.42 Å². The van der Waals surface area contributed by atoms with Crippen molar-refractivity contribution < 1.29 is 8.42 Å². The third-order valence-electron chi connectivity index (χ3n) is 4.07. The van der Waals surface area contributed by atoms with Gasteiger partial charge in [0.1, 0.15) is 0 Å². The maximum Gasteiger partial charge on any atom is 0.243 e. The Morgan fingerprint density at radius 2 is 2.05 bits per heavy atom. The Bertz CT molecular complexity index is 641. The highest BCUT2D eigenvalue weighted by atomic mass is 32.2. The van der Waals surface area contributed by atoms with Crippen LogP contribution < -0.4 is 5.73 Å². The number of rotatable bonds is 4. The van der Waals surface area contributed by atoms with Crippen molar-refractivity contribution in [3.63, 3.8) is 0 Å². The van der Waals surface area contributed by atoms with Crippen LogP contribution in [0, 0.1) is 24.2 Å². The summed E-state index contributed by atoms with van der Waals surface area (Å²) in [5.41, 5.74) is 6.66. The molecule has 1 aromatic carbocycles. The van der Waals surface area contributed by atoms with Gasteiger partial charge in [-0.3, -0.25) is 0 Å². The Morgan fingerprint density at radius 1 is 1.38 bits per heavy atom. The first kappa shape index (κ1) is 16.0. The predicted molar refractivity (Wildman–Crippen MR) is 81.0 cm³/mol. The van der Waals surface area contributed by atoms with Crippen LogP contribution in [0.25, 0.3) is 0 Å². The molecular weight excluding hydrogens is 286 g/mol. The zero-order chi connectivity index (χ0) is 15.5. The predicted octanol–water partition coefficient (Wildman–Crippen LogP) is 1.62. The van der Waals surface area contributed by atoms with E-state index < -0.39 is 10.0 Å². The van der Waals surface area contributed by atoms with Crippen molar-refractivity contribution in [2.45, 2.75) is 31.1 Å². The molecule has 1 saturated heterocycles. The van der Waals surface area contributed by atoms with E-state index in [2.05, 4.69) is 0 Å². The van der Waals surface area contributed by atoms with Crippen LogP contribution in [0.5, 0.6) is 0 Å². The largest absolute Gasteiger partial charge is 0.330 e. The van der Waals surface area contributed by atoms with Crippen molar-refractivity contribution in [2.75, 3.05) is 19.6 Å². The first-order valence-electron chi connectivity index (χ1n) is 7.20. The number of nitriles is 1. The monoisotopic (exact) mass is 307 g/mol. The molecule has 1 heterocycles. The molecule has 0 amide bonds. The molecule has 0 unspecified atom stereocenters. The second-order valence-corrected chi connectivity index (χ2v) is 7.42. The number of sulfonamides is 1. The van der Waals surface area contributed by atoms with Gasteiger partial charge in [0, 0.05) is 13.1 Å². The smallest absolute Gasteiger partial charge is 0.243 e. The van der Waals surface area contributed by atoms with Crippen molar-refractivity contribution in [1.82, 2.24) is 4.31 Å². The lowest BCUT2D eigenvalue weighted by atomic mass is 9.95. The lowest BCUT2D eigenvalue weighted by molar-refractivity contribution is 0.265. The minimum absolute atomic E-state index is 0.304. The van der Waals surface area contributed by atoms with E-state index in [-0.39, 0.29) is 0 Å². The minimum atomic E-state index is -3.46. The first-order valence-corrected chi connectivity index (χ1v) is 8.64. The van der Waals surface area contributed by atoms with E-state index >= 15 is 0 Å². The van der Waals surface area contributed by atoms with E-state index in [4.69, 9.17) is 11.0 Å². The molecule has 0 bridgehead atoms. The number of benzene rings is 1. The Balaban J connectivity index is 2.18. The molecule has 0 spiro atoms. The maximum atomic E-state index is 12.7. The van der Waals surface area contributed by atoms with Gasteiger partial charge in [-0.05, 0) is 62.4 Å². The van der Waals surface area contributed by atoms with Gasteiger partial charge in [0.15, 0.2) is 0 Å². The molecular formula is C15H21N3O2S. The summed E-state index contributed by atoms with van der Waals surface area (Å²) in [5.74, 6) is 0.531. The van der Waals surface area contributed by atoms with Gasteiger partial charge in [0.05, 0.1) is 16.5 Å².